The molecule has 1 aromatic carbocycles. The molecule has 0 saturated carbocycles. The van der Waals surface area contributed by atoms with E-state index in [0.717, 1.165) is 42.1 Å². The van der Waals surface area contributed by atoms with Crippen molar-refractivity contribution in [3.8, 4) is 11.5 Å². The number of carbonyl (C=O) groups excluding carboxylic acids is 2. The molecule has 2 heterocycles. The Morgan fingerprint density at radius 3 is 2.59 bits per heavy atom. The first-order valence-corrected chi connectivity index (χ1v) is 11.1. The number of ether oxygens (including phenoxy) is 3. The molecule has 0 spiro atoms. The highest BCUT2D eigenvalue weighted by Crippen LogP contribution is 2.37. The Labute approximate surface area is 198 Å². The average molecular weight is 481 g/mol. The lowest BCUT2D eigenvalue weighted by Gasteiger charge is -2.25. The molecule has 0 fully saturated rings. The van der Waals surface area contributed by atoms with Crippen LogP contribution in [0.3, 0.4) is 0 Å². The Kier molecular flexibility index (Phi) is 9.56. The summed E-state index contributed by atoms with van der Waals surface area (Å²) in [4.78, 5) is 28.7. The van der Waals surface area contributed by atoms with E-state index < -0.39 is 0 Å². The first kappa shape index (κ1) is 25.7. The van der Waals surface area contributed by atoms with E-state index in [-0.39, 0.29) is 30.9 Å². The molecule has 0 saturated heterocycles. The lowest BCUT2D eigenvalue weighted by Crippen LogP contribution is -2.30. The monoisotopic (exact) mass is 480 g/mol. The number of halogens is 1. The number of nitrogens with zero attached hydrogens (tertiary/aromatic N) is 1. The minimum absolute atomic E-state index is 0. The van der Waals surface area contributed by atoms with Crippen molar-refractivity contribution in [1.82, 2.24) is 4.90 Å². The molecule has 32 heavy (non-hydrogen) atoms. The first-order valence-electron chi connectivity index (χ1n) is 10.3. The molecule has 1 amide bonds. The summed E-state index contributed by atoms with van der Waals surface area (Å²) in [5.41, 5.74) is 2.28. The van der Waals surface area contributed by atoms with Gasteiger partial charge in [0, 0.05) is 24.0 Å². The Balaban J connectivity index is 0.00000363. The van der Waals surface area contributed by atoms with Crippen LogP contribution in [0.4, 0.5) is 5.00 Å². The van der Waals surface area contributed by atoms with E-state index in [1.165, 1.54) is 17.4 Å². The van der Waals surface area contributed by atoms with Gasteiger partial charge in [0.05, 0.1) is 26.4 Å². The number of esters is 1. The van der Waals surface area contributed by atoms with Gasteiger partial charge in [-0.05, 0) is 49.2 Å². The lowest BCUT2D eigenvalue weighted by atomic mass is 10.0. The van der Waals surface area contributed by atoms with E-state index in [9.17, 15) is 9.59 Å². The Morgan fingerprint density at radius 2 is 1.94 bits per heavy atom. The van der Waals surface area contributed by atoms with Crippen LogP contribution in [-0.4, -0.2) is 50.7 Å². The average Bonchev–Trinajstić information content (AvgIpc) is 3.14. The van der Waals surface area contributed by atoms with Gasteiger partial charge in [-0.15, -0.1) is 23.7 Å². The number of likely N-dealkylation sites (N-methyl/N-ethyl adjacent to an activating group) is 1. The van der Waals surface area contributed by atoms with E-state index in [2.05, 4.69) is 17.1 Å². The minimum atomic E-state index is -0.385. The maximum absolute atomic E-state index is 12.6. The van der Waals surface area contributed by atoms with Crippen molar-refractivity contribution < 1.29 is 23.8 Å². The van der Waals surface area contributed by atoms with E-state index in [0.29, 0.717) is 22.1 Å². The van der Waals surface area contributed by atoms with Crippen LogP contribution in [0.15, 0.2) is 24.3 Å². The Hall–Kier alpha value is -2.55. The molecule has 7 nitrogen and oxygen atoms in total. The molecule has 0 atom stereocenters. The highest BCUT2D eigenvalue weighted by atomic mass is 35.5. The summed E-state index contributed by atoms with van der Waals surface area (Å²) in [5, 5.41) is 3.42. The Morgan fingerprint density at radius 1 is 1.19 bits per heavy atom. The van der Waals surface area contributed by atoms with Crippen LogP contribution < -0.4 is 14.8 Å². The summed E-state index contributed by atoms with van der Waals surface area (Å²) in [6.07, 6.45) is 3.89. The lowest BCUT2D eigenvalue weighted by molar-refractivity contribution is -0.111. The molecule has 2 aromatic rings. The maximum atomic E-state index is 12.6. The third-order valence-corrected chi connectivity index (χ3v) is 6.27. The van der Waals surface area contributed by atoms with Crippen LogP contribution in [0.2, 0.25) is 0 Å². The number of benzene rings is 1. The predicted molar refractivity (Wildman–Crippen MR) is 129 cm³/mol. The standard InChI is InChI=1S/C23H28N2O5S.ClH/c1-5-25-12-11-16-19(14-25)31-22(21(16)23(27)30-6-2)24-20(26)10-8-15-7-9-17(28-3)18(13-15)29-4;/h7-10,13H,5-6,11-12,14H2,1-4H3,(H,24,26);1H/b10-8+;. The molecule has 3 rings (SSSR count). The number of rotatable bonds is 8. The van der Waals surface area contributed by atoms with Gasteiger partial charge < -0.3 is 19.5 Å². The molecule has 0 bridgehead atoms. The number of hydrogen-bond acceptors (Lipinski definition) is 7. The van der Waals surface area contributed by atoms with Gasteiger partial charge in [-0.1, -0.05) is 13.0 Å². The molecule has 9 heteroatoms. The minimum Gasteiger partial charge on any atom is -0.493 e. The molecule has 1 N–H and O–H groups in total. The number of methoxy groups -OCH3 is 2. The molecule has 1 aliphatic rings. The fourth-order valence-corrected chi connectivity index (χ4v) is 4.80. The Bertz CT molecular complexity index is 989. The molecule has 0 aliphatic carbocycles. The predicted octanol–water partition coefficient (Wildman–Crippen LogP) is 4.39. The van der Waals surface area contributed by atoms with Crippen molar-refractivity contribution in [1.29, 1.82) is 0 Å². The topological polar surface area (TPSA) is 77.1 Å². The molecule has 1 aromatic heterocycles. The molecule has 0 unspecified atom stereocenters. The van der Waals surface area contributed by atoms with Gasteiger partial charge in [-0.25, -0.2) is 4.79 Å². The van der Waals surface area contributed by atoms with Crippen LogP contribution in [0.1, 0.15) is 40.2 Å². The van der Waals surface area contributed by atoms with Crippen LogP contribution in [-0.2, 0) is 22.5 Å². The fourth-order valence-electron chi connectivity index (χ4n) is 3.52. The van der Waals surface area contributed by atoms with E-state index in [4.69, 9.17) is 14.2 Å². The van der Waals surface area contributed by atoms with Crippen LogP contribution in [0, 0.1) is 0 Å². The number of carbonyl (C=O) groups is 2. The smallest absolute Gasteiger partial charge is 0.341 e. The maximum Gasteiger partial charge on any atom is 0.341 e. The molecule has 174 valence electrons. The number of amides is 1. The number of thiophene rings is 1. The third kappa shape index (κ3) is 5.82. The quantitative estimate of drug-likeness (QED) is 0.446. The van der Waals surface area contributed by atoms with Crippen molar-refractivity contribution in [2.75, 3.05) is 39.2 Å². The van der Waals surface area contributed by atoms with Gasteiger partial charge in [0.25, 0.3) is 0 Å². The second-order valence-electron chi connectivity index (χ2n) is 6.98. The highest BCUT2D eigenvalue weighted by molar-refractivity contribution is 7.17. The third-order valence-electron chi connectivity index (χ3n) is 5.13. The summed E-state index contributed by atoms with van der Waals surface area (Å²) < 4.78 is 15.8. The van der Waals surface area contributed by atoms with Crippen molar-refractivity contribution >= 4 is 46.7 Å². The largest absolute Gasteiger partial charge is 0.493 e. The highest BCUT2D eigenvalue weighted by Gasteiger charge is 2.28. The molecular weight excluding hydrogens is 452 g/mol. The summed E-state index contributed by atoms with van der Waals surface area (Å²) in [5.74, 6) is 0.505. The van der Waals surface area contributed by atoms with Gasteiger partial charge in [-0.2, -0.15) is 0 Å². The van der Waals surface area contributed by atoms with Crippen molar-refractivity contribution in [3.63, 3.8) is 0 Å². The molecule has 0 radical (unpaired) electrons. The number of fused-ring (bicyclic) bond motifs is 1. The van der Waals surface area contributed by atoms with E-state index in [1.807, 2.05) is 6.07 Å². The zero-order chi connectivity index (χ0) is 22.4. The molecule has 1 aliphatic heterocycles. The van der Waals surface area contributed by atoms with Crippen LogP contribution in [0.5, 0.6) is 11.5 Å². The number of anilines is 1. The van der Waals surface area contributed by atoms with Crippen molar-refractivity contribution in [3.05, 3.63) is 45.8 Å². The zero-order valence-electron chi connectivity index (χ0n) is 18.7. The number of hydrogen-bond donors (Lipinski definition) is 1. The summed E-state index contributed by atoms with van der Waals surface area (Å²) >= 11 is 1.45. The summed E-state index contributed by atoms with van der Waals surface area (Å²) in [6, 6.07) is 5.40. The van der Waals surface area contributed by atoms with Crippen molar-refractivity contribution in [2.45, 2.75) is 26.8 Å². The van der Waals surface area contributed by atoms with E-state index >= 15 is 0 Å². The first-order chi connectivity index (χ1) is 15.0. The van der Waals surface area contributed by atoms with Gasteiger partial charge in [0.1, 0.15) is 5.00 Å². The second-order valence-corrected chi connectivity index (χ2v) is 8.09. The molecular formula is C23H29ClN2O5S. The van der Waals surface area contributed by atoms with Gasteiger partial charge in [-0.3, -0.25) is 9.69 Å². The SMILES string of the molecule is CCOC(=O)c1c(NC(=O)/C=C/c2ccc(OC)c(OC)c2)sc2c1CCN(CC)C2.Cl. The summed E-state index contributed by atoms with van der Waals surface area (Å²) in [6.45, 7) is 6.80. The van der Waals surface area contributed by atoms with Gasteiger partial charge in [0.2, 0.25) is 5.91 Å². The van der Waals surface area contributed by atoms with E-state index in [1.54, 1.807) is 39.4 Å². The zero-order valence-corrected chi connectivity index (χ0v) is 20.4. The van der Waals surface area contributed by atoms with Gasteiger partial charge >= 0.3 is 5.97 Å². The second kappa shape index (κ2) is 11.9. The van der Waals surface area contributed by atoms with Crippen molar-refractivity contribution in [2.24, 2.45) is 0 Å². The number of nitrogens with one attached hydrogen (secondary N) is 1. The normalized spacial score (nSPS) is 13.2. The van der Waals surface area contributed by atoms with Crippen LogP contribution in [0.25, 0.3) is 6.08 Å². The fraction of sp³-hybridized carbons (Fsp3) is 0.391. The van der Waals surface area contributed by atoms with Gasteiger partial charge in [0.15, 0.2) is 11.5 Å². The summed E-state index contributed by atoms with van der Waals surface area (Å²) in [7, 11) is 3.13. The van der Waals surface area contributed by atoms with Crippen LogP contribution >= 0.6 is 23.7 Å².